The highest BCUT2D eigenvalue weighted by Crippen LogP contribution is 2.30. The molecule has 13 heavy (non-hydrogen) atoms. The van der Waals surface area contributed by atoms with Crippen LogP contribution in [0.5, 0.6) is 0 Å². The van der Waals surface area contributed by atoms with E-state index < -0.39 is 0 Å². The number of hydrogen-bond acceptors (Lipinski definition) is 1. The standard InChI is InChI=1S/C12H21N/c1-10-5-6-12(8-10)13-7-3-4-11(2)9-13/h4,10,12H,3,5-9H2,1-2H3. The third-order valence-electron chi connectivity index (χ3n) is 3.55. The van der Waals surface area contributed by atoms with Gasteiger partial charge in [0.1, 0.15) is 0 Å². The average molecular weight is 179 g/mol. The van der Waals surface area contributed by atoms with E-state index in [0.29, 0.717) is 0 Å². The van der Waals surface area contributed by atoms with E-state index >= 15 is 0 Å². The van der Waals surface area contributed by atoms with Gasteiger partial charge in [-0.2, -0.15) is 0 Å². The fraction of sp³-hybridized carbons (Fsp3) is 0.833. The van der Waals surface area contributed by atoms with Crippen molar-refractivity contribution in [2.24, 2.45) is 5.92 Å². The second-order valence-electron chi connectivity index (χ2n) is 4.88. The molecule has 2 unspecified atom stereocenters. The lowest BCUT2D eigenvalue weighted by atomic mass is 10.1. The van der Waals surface area contributed by atoms with E-state index in [2.05, 4.69) is 24.8 Å². The van der Waals surface area contributed by atoms with Crippen molar-refractivity contribution in [2.75, 3.05) is 13.1 Å². The summed E-state index contributed by atoms with van der Waals surface area (Å²) in [5.41, 5.74) is 1.57. The Bertz CT molecular complexity index is 207. The van der Waals surface area contributed by atoms with Crippen molar-refractivity contribution < 1.29 is 0 Å². The molecule has 1 aliphatic carbocycles. The van der Waals surface area contributed by atoms with Gasteiger partial charge in [-0.05, 0) is 38.5 Å². The highest BCUT2D eigenvalue weighted by Gasteiger charge is 2.27. The number of rotatable bonds is 1. The summed E-state index contributed by atoms with van der Waals surface area (Å²) in [6.07, 6.45) is 8.00. The summed E-state index contributed by atoms with van der Waals surface area (Å²) in [5.74, 6) is 0.969. The third kappa shape index (κ3) is 2.14. The van der Waals surface area contributed by atoms with Gasteiger partial charge < -0.3 is 0 Å². The van der Waals surface area contributed by atoms with Crippen molar-refractivity contribution >= 4 is 0 Å². The zero-order chi connectivity index (χ0) is 9.26. The maximum atomic E-state index is 2.69. The van der Waals surface area contributed by atoms with E-state index in [-0.39, 0.29) is 0 Å². The molecular weight excluding hydrogens is 158 g/mol. The fourth-order valence-corrected chi connectivity index (χ4v) is 2.76. The Morgan fingerprint density at radius 3 is 2.85 bits per heavy atom. The molecule has 1 saturated carbocycles. The van der Waals surface area contributed by atoms with Crippen molar-refractivity contribution in [2.45, 2.75) is 45.6 Å². The molecule has 2 aliphatic rings. The van der Waals surface area contributed by atoms with Crippen molar-refractivity contribution in [3.63, 3.8) is 0 Å². The molecule has 1 fully saturated rings. The monoisotopic (exact) mass is 179 g/mol. The zero-order valence-corrected chi connectivity index (χ0v) is 8.92. The van der Waals surface area contributed by atoms with Crippen LogP contribution in [-0.2, 0) is 0 Å². The Hall–Kier alpha value is -0.300. The van der Waals surface area contributed by atoms with E-state index in [9.17, 15) is 0 Å². The number of nitrogens with zero attached hydrogens (tertiary/aromatic N) is 1. The van der Waals surface area contributed by atoms with Crippen LogP contribution in [-0.4, -0.2) is 24.0 Å². The van der Waals surface area contributed by atoms with Crippen molar-refractivity contribution in [1.29, 1.82) is 0 Å². The van der Waals surface area contributed by atoms with E-state index in [1.54, 1.807) is 5.57 Å². The van der Waals surface area contributed by atoms with Gasteiger partial charge in [0, 0.05) is 19.1 Å². The Kier molecular flexibility index (Phi) is 2.73. The number of hydrogen-bond donors (Lipinski definition) is 0. The van der Waals surface area contributed by atoms with Crippen LogP contribution in [0.4, 0.5) is 0 Å². The maximum absolute atomic E-state index is 2.69. The Balaban J connectivity index is 1.91. The highest BCUT2D eigenvalue weighted by atomic mass is 15.2. The smallest absolute Gasteiger partial charge is 0.0193 e. The molecule has 1 nitrogen and oxygen atoms in total. The van der Waals surface area contributed by atoms with Crippen LogP contribution >= 0.6 is 0 Å². The Morgan fingerprint density at radius 1 is 1.38 bits per heavy atom. The first-order chi connectivity index (χ1) is 6.25. The van der Waals surface area contributed by atoms with Gasteiger partial charge in [-0.3, -0.25) is 4.90 Å². The summed E-state index contributed by atoms with van der Waals surface area (Å²) in [6.45, 7) is 7.20. The average Bonchev–Trinajstić information content (AvgIpc) is 2.52. The van der Waals surface area contributed by atoms with Crippen LogP contribution in [0.15, 0.2) is 11.6 Å². The molecule has 2 rings (SSSR count). The molecule has 0 bridgehead atoms. The molecule has 0 N–H and O–H groups in total. The molecule has 2 atom stereocenters. The molecule has 1 aliphatic heterocycles. The van der Waals surface area contributed by atoms with E-state index in [1.165, 1.54) is 38.8 Å². The largest absolute Gasteiger partial charge is 0.296 e. The molecule has 0 aromatic rings. The predicted octanol–water partition coefficient (Wildman–Crippen LogP) is 2.83. The first-order valence-corrected chi connectivity index (χ1v) is 5.65. The first-order valence-electron chi connectivity index (χ1n) is 5.65. The SMILES string of the molecule is CC1=CCCN(C2CCC(C)C2)C1. The highest BCUT2D eigenvalue weighted by molar-refractivity contribution is 5.05. The molecule has 1 heterocycles. The summed E-state index contributed by atoms with van der Waals surface area (Å²) >= 11 is 0. The minimum atomic E-state index is 0.902. The molecule has 0 spiro atoms. The maximum Gasteiger partial charge on any atom is 0.0193 e. The van der Waals surface area contributed by atoms with Gasteiger partial charge >= 0.3 is 0 Å². The summed E-state index contributed by atoms with van der Waals surface area (Å²) < 4.78 is 0. The van der Waals surface area contributed by atoms with Crippen molar-refractivity contribution in [1.82, 2.24) is 4.90 Å². The van der Waals surface area contributed by atoms with Crippen LogP contribution in [0.3, 0.4) is 0 Å². The molecule has 74 valence electrons. The van der Waals surface area contributed by atoms with Crippen molar-refractivity contribution in [3.8, 4) is 0 Å². The van der Waals surface area contributed by atoms with Gasteiger partial charge in [-0.1, -0.05) is 18.6 Å². The first kappa shape index (κ1) is 9.26. The lowest BCUT2D eigenvalue weighted by molar-refractivity contribution is 0.207. The quantitative estimate of drug-likeness (QED) is 0.559. The lowest BCUT2D eigenvalue weighted by Gasteiger charge is -2.31. The molecule has 0 aromatic heterocycles. The van der Waals surface area contributed by atoms with Crippen molar-refractivity contribution in [3.05, 3.63) is 11.6 Å². The third-order valence-corrected chi connectivity index (χ3v) is 3.55. The Morgan fingerprint density at radius 2 is 2.23 bits per heavy atom. The Labute approximate surface area is 81.8 Å². The summed E-state index contributed by atoms with van der Waals surface area (Å²) in [7, 11) is 0. The van der Waals surface area contributed by atoms with Crippen LogP contribution in [0.25, 0.3) is 0 Å². The van der Waals surface area contributed by atoms with Gasteiger partial charge in [-0.15, -0.1) is 0 Å². The molecule has 1 heteroatoms. The molecular formula is C12H21N. The molecule has 0 amide bonds. The minimum Gasteiger partial charge on any atom is -0.296 e. The van der Waals surface area contributed by atoms with Crippen LogP contribution in [0.2, 0.25) is 0 Å². The topological polar surface area (TPSA) is 3.24 Å². The van der Waals surface area contributed by atoms with Gasteiger partial charge in [0.05, 0.1) is 0 Å². The fourth-order valence-electron chi connectivity index (χ4n) is 2.76. The predicted molar refractivity (Wildman–Crippen MR) is 56.8 cm³/mol. The molecule has 0 radical (unpaired) electrons. The summed E-state index contributed by atoms with van der Waals surface area (Å²) in [4.78, 5) is 2.69. The normalized spacial score (nSPS) is 36.3. The van der Waals surface area contributed by atoms with Crippen LogP contribution in [0, 0.1) is 5.92 Å². The van der Waals surface area contributed by atoms with Gasteiger partial charge in [0.2, 0.25) is 0 Å². The molecule has 0 saturated heterocycles. The van der Waals surface area contributed by atoms with Crippen LogP contribution in [0.1, 0.15) is 39.5 Å². The zero-order valence-electron chi connectivity index (χ0n) is 8.92. The van der Waals surface area contributed by atoms with Crippen LogP contribution < -0.4 is 0 Å². The van der Waals surface area contributed by atoms with Gasteiger partial charge in [0.15, 0.2) is 0 Å². The second-order valence-corrected chi connectivity index (χ2v) is 4.88. The minimum absolute atomic E-state index is 0.902. The van der Waals surface area contributed by atoms with Gasteiger partial charge in [-0.25, -0.2) is 0 Å². The summed E-state index contributed by atoms with van der Waals surface area (Å²) in [6, 6.07) is 0.902. The van der Waals surface area contributed by atoms with E-state index in [1.807, 2.05) is 0 Å². The molecule has 0 aromatic carbocycles. The lowest BCUT2D eigenvalue weighted by Crippen LogP contribution is -2.37. The van der Waals surface area contributed by atoms with E-state index in [4.69, 9.17) is 0 Å². The summed E-state index contributed by atoms with van der Waals surface area (Å²) in [5, 5.41) is 0. The second kappa shape index (κ2) is 3.83. The van der Waals surface area contributed by atoms with E-state index in [0.717, 1.165) is 12.0 Å². The van der Waals surface area contributed by atoms with Gasteiger partial charge in [0.25, 0.3) is 0 Å².